The molecule has 3 rings (SSSR count). The van der Waals surface area contributed by atoms with Crippen molar-refractivity contribution in [1.82, 2.24) is 10.4 Å². The fourth-order valence-corrected chi connectivity index (χ4v) is 1.88. The van der Waals surface area contributed by atoms with Gasteiger partial charge in [0.15, 0.2) is 5.58 Å². The molecular formula is C10H11N3O3. The molecule has 1 aliphatic heterocycles. The number of benzene rings is 1. The van der Waals surface area contributed by atoms with Gasteiger partial charge in [-0.1, -0.05) is 6.07 Å². The van der Waals surface area contributed by atoms with Crippen LogP contribution >= 0.6 is 0 Å². The fraction of sp³-hybridized carbons (Fsp3) is 0.300. The van der Waals surface area contributed by atoms with Crippen LogP contribution in [0.4, 0.5) is 0 Å². The lowest BCUT2D eigenvalue weighted by Crippen LogP contribution is -2.60. The predicted octanol–water partition coefficient (Wildman–Crippen LogP) is -0.190. The Balaban J connectivity index is 2.14. The van der Waals surface area contributed by atoms with Crippen LogP contribution in [0.2, 0.25) is 0 Å². The van der Waals surface area contributed by atoms with Crippen molar-refractivity contribution in [3.63, 3.8) is 0 Å². The molecule has 16 heavy (non-hydrogen) atoms. The number of ether oxygens (including phenoxy) is 1. The summed E-state index contributed by atoms with van der Waals surface area (Å²) in [5.41, 5.74) is 4.56. The second-order valence-corrected chi connectivity index (χ2v) is 3.94. The molecule has 1 fully saturated rings. The maximum atomic E-state index is 11.0. The van der Waals surface area contributed by atoms with Crippen LogP contribution in [0.1, 0.15) is 5.56 Å². The quantitative estimate of drug-likeness (QED) is 0.482. The summed E-state index contributed by atoms with van der Waals surface area (Å²) in [4.78, 5) is 13.6. The molecule has 1 aromatic heterocycles. The summed E-state index contributed by atoms with van der Waals surface area (Å²) in [6.45, 7) is 1.04. The van der Waals surface area contributed by atoms with Gasteiger partial charge in [-0.2, -0.15) is 0 Å². The zero-order chi connectivity index (χ0) is 11.2. The van der Waals surface area contributed by atoms with Crippen LogP contribution in [0.15, 0.2) is 27.4 Å². The molecule has 0 atom stereocenters. The van der Waals surface area contributed by atoms with E-state index in [1.165, 1.54) is 0 Å². The molecule has 0 unspecified atom stereocenters. The molecule has 0 aliphatic carbocycles. The van der Waals surface area contributed by atoms with E-state index < -0.39 is 5.76 Å². The molecule has 6 nitrogen and oxygen atoms in total. The number of nitrogens with two attached hydrogens (primary N) is 1. The average molecular weight is 221 g/mol. The number of hydrogen-bond acceptors (Lipinski definition) is 5. The maximum Gasteiger partial charge on any atom is 0.417 e. The highest BCUT2D eigenvalue weighted by molar-refractivity contribution is 5.73. The van der Waals surface area contributed by atoms with Crippen molar-refractivity contribution in [3.8, 4) is 0 Å². The first-order valence-corrected chi connectivity index (χ1v) is 4.92. The molecule has 6 heteroatoms. The molecule has 1 saturated heterocycles. The smallest absolute Gasteiger partial charge is 0.408 e. The van der Waals surface area contributed by atoms with Gasteiger partial charge in [0.25, 0.3) is 0 Å². The maximum absolute atomic E-state index is 11.0. The normalized spacial score (nSPS) is 18.6. The second-order valence-electron chi connectivity index (χ2n) is 3.94. The van der Waals surface area contributed by atoms with Crippen molar-refractivity contribution in [3.05, 3.63) is 34.3 Å². The number of H-pyrrole nitrogens is 1. The summed E-state index contributed by atoms with van der Waals surface area (Å²) in [5, 5.41) is 0. The highest BCUT2D eigenvalue weighted by Crippen LogP contribution is 2.30. The molecule has 1 aromatic carbocycles. The number of oxazole rings is 1. The Hall–Kier alpha value is -1.63. The summed E-state index contributed by atoms with van der Waals surface area (Å²) in [6, 6.07) is 5.50. The molecule has 4 N–H and O–H groups in total. The topological polar surface area (TPSA) is 93.3 Å². The van der Waals surface area contributed by atoms with Crippen LogP contribution in [0.5, 0.6) is 0 Å². The molecule has 1 aliphatic rings. The molecule has 2 heterocycles. The van der Waals surface area contributed by atoms with Gasteiger partial charge in [0.2, 0.25) is 0 Å². The van der Waals surface area contributed by atoms with Crippen molar-refractivity contribution in [2.24, 2.45) is 5.84 Å². The Morgan fingerprint density at radius 1 is 1.44 bits per heavy atom. The van der Waals surface area contributed by atoms with Crippen LogP contribution in [-0.4, -0.2) is 18.2 Å². The van der Waals surface area contributed by atoms with Gasteiger partial charge in [0, 0.05) is 0 Å². The Labute approximate surface area is 90.4 Å². The minimum atomic E-state index is -0.452. The second kappa shape index (κ2) is 3.18. The van der Waals surface area contributed by atoms with Gasteiger partial charge < -0.3 is 9.15 Å². The van der Waals surface area contributed by atoms with Crippen molar-refractivity contribution in [1.29, 1.82) is 0 Å². The van der Waals surface area contributed by atoms with Crippen LogP contribution in [0.3, 0.4) is 0 Å². The van der Waals surface area contributed by atoms with Crippen molar-refractivity contribution in [2.75, 3.05) is 13.2 Å². The summed E-state index contributed by atoms with van der Waals surface area (Å²) < 4.78 is 10.2. The van der Waals surface area contributed by atoms with Gasteiger partial charge in [-0.05, 0) is 17.7 Å². The number of hydrazine groups is 1. The number of nitrogens with one attached hydrogen (secondary N) is 2. The fourth-order valence-electron chi connectivity index (χ4n) is 1.88. The Morgan fingerprint density at radius 2 is 2.25 bits per heavy atom. The van der Waals surface area contributed by atoms with E-state index in [2.05, 4.69) is 10.4 Å². The molecule has 2 aromatic rings. The largest absolute Gasteiger partial charge is 0.417 e. The van der Waals surface area contributed by atoms with Gasteiger partial charge in [0.05, 0.1) is 18.7 Å². The SMILES string of the molecule is NNC1(c2ccc3[nH]c(=O)oc3c2)COC1. The Kier molecular flexibility index (Phi) is 1.90. The minimum Gasteiger partial charge on any atom is -0.408 e. The molecule has 0 bridgehead atoms. The van der Waals surface area contributed by atoms with Crippen LogP contribution in [0.25, 0.3) is 11.1 Å². The number of fused-ring (bicyclic) bond motifs is 1. The van der Waals surface area contributed by atoms with E-state index in [0.717, 1.165) is 5.56 Å². The van der Waals surface area contributed by atoms with Crippen LogP contribution in [0, 0.1) is 0 Å². The molecule has 0 radical (unpaired) electrons. The van der Waals surface area contributed by atoms with Gasteiger partial charge in [-0.15, -0.1) is 0 Å². The number of aromatic amines is 1. The van der Waals surface area contributed by atoms with Gasteiger partial charge in [0.1, 0.15) is 5.54 Å². The highest BCUT2D eigenvalue weighted by atomic mass is 16.5. The van der Waals surface area contributed by atoms with E-state index in [0.29, 0.717) is 24.3 Å². The number of rotatable bonds is 2. The number of aromatic nitrogens is 1. The lowest BCUT2D eigenvalue weighted by molar-refractivity contribution is -0.0786. The van der Waals surface area contributed by atoms with E-state index in [4.69, 9.17) is 15.0 Å². The van der Waals surface area contributed by atoms with Crippen LogP contribution in [-0.2, 0) is 10.3 Å². The lowest BCUT2D eigenvalue weighted by Gasteiger charge is -2.41. The van der Waals surface area contributed by atoms with E-state index in [1.54, 1.807) is 12.1 Å². The predicted molar refractivity (Wildman–Crippen MR) is 56.7 cm³/mol. The summed E-state index contributed by atoms with van der Waals surface area (Å²) >= 11 is 0. The van der Waals surface area contributed by atoms with Gasteiger partial charge in [-0.3, -0.25) is 10.8 Å². The lowest BCUT2D eigenvalue weighted by atomic mass is 9.89. The molecular weight excluding hydrogens is 210 g/mol. The first-order chi connectivity index (χ1) is 7.73. The standard InChI is InChI=1S/C10H11N3O3/c11-13-10(4-15-5-10)6-1-2-7-8(3-6)16-9(14)12-7/h1-3,13H,4-5,11H2,(H,12,14). The highest BCUT2D eigenvalue weighted by Gasteiger charge is 2.39. The molecule has 0 saturated carbocycles. The monoisotopic (exact) mass is 221 g/mol. The third-order valence-corrected chi connectivity index (χ3v) is 2.95. The van der Waals surface area contributed by atoms with E-state index in [-0.39, 0.29) is 5.54 Å². The Bertz CT molecular complexity index is 577. The summed E-state index contributed by atoms with van der Waals surface area (Å²) in [6.07, 6.45) is 0. The van der Waals surface area contributed by atoms with Gasteiger partial charge in [-0.25, -0.2) is 10.2 Å². The first-order valence-electron chi connectivity index (χ1n) is 4.92. The average Bonchev–Trinajstić information content (AvgIpc) is 2.56. The Morgan fingerprint density at radius 3 is 2.88 bits per heavy atom. The third-order valence-electron chi connectivity index (χ3n) is 2.95. The van der Waals surface area contributed by atoms with E-state index in [9.17, 15) is 4.79 Å². The first kappa shape index (κ1) is 9.59. The summed E-state index contributed by atoms with van der Waals surface area (Å²) in [7, 11) is 0. The molecule has 0 amide bonds. The third kappa shape index (κ3) is 1.21. The van der Waals surface area contributed by atoms with Crippen molar-refractivity contribution < 1.29 is 9.15 Å². The van der Waals surface area contributed by atoms with Crippen molar-refractivity contribution in [2.45, 2.75) is 5.54 Å². The van der Waals surface area contributed by atoms with Gasteiger partial charge >= 0.3 is 5.76 Å². The zero-order valence-corrected chi connectivity index (χ0v) is 8.45. The molecule has 84 valence electrons. The van der Waals surface area contributed by atoms with E-state index >= 15 is 0 Å². The van der Waals surface area contributed by atoms with Crippen LogP contribution < -0.4 is 17.0 Å². The van der Waals surface area contributed by atoms with E-state index in [1.807, 2.05) is 6.07 Å². The van der Waals surface area contributed by atoms with Crippen molar-refractivity contribution >= 4 is 11.1 Å². The summed E-state index contributed by atoms with van der Waals surface area (Å²) in [5.74, 6) is 5.07. The minimum absolute atomic E-state index is 0.357. The molecule has 0 spiro atoms. The number of hydrogen-bond donors (Lipinski definition) is 3. The zero-order valence-electron chi connectivity index (χ0n) is 8.45.